The summed E-state index contributed by atoms with van der Waals surface area (Å²) in [5.74, 6) is -0.267. The molecule has 172 valence electrons. The maximum absolute atomic E-state index is 12.6. The molecule has 8 nitrogen and oxygen atoms in total. The maximum atomic E-state index is 12.6. The van der Waals surface area contributed by atoms with Gasteiger partial charge in [-0.25, -0.2) is 14.5 Å². The zero-order valence-electron chi connectivity index (χ0n) is 18.2. The van der Waals surface area contributed by atoms with Crippen LogP contribution in [0.2, 0.25) is 0 Å². The van der Waals surface area contributed by atoms with Gasteiger partial charge in [0.25, 0.3) is 0 Å². The van der Waals surface area contributed by atoms with Crippen molar-refractivity contribution in [2.75, 3.05) is 13.2 Å². The lowest BCUT2D eigenvalue weighted by molar-refractivity contribution is 0.115. The third-order valence-electron chi connectivity index (χ3n) is 4.65. The summed E-state index contributed by atoms with van der Waals surface area (Å²) in [5, 5.41) is 8.86. The van der Waals surface area contributed by atoms with Crippen LogP contribution in [0, 0.1) is 0 Å². The molecular formula is C24H31N3O5. The Hall–Kier alpha value is -3.39. The van der Waals surface area contributed by atoms with Crippen molar-refractivity contribution in [3.8, 4) is 0 Å². The lowest BCUT2D eigenvalue weighted by Crippen LogP contribution is -2.43. The molecule has 8 heteroatoms. The van der Waals surface area contributed by atoms with Gasteiger partial charge in [-0.2, -0.15) is 0 Å². The number of aliphatic hydroxyl groups excluding tert-OH is 1. The predicted octanol–water partition coefficient (Wildman–Crippen LogP) is 4.22. The lowest BCUT2D eigenvalue weighted by Gasteiger charge is -2.21. The number of amides is 2. The van der Waals surface area contributed by atoms with E-state index in [1.165, 1.54) is 0 Å². The second-order valence-corrected chi connectivity index (χ2v) is 7.19. The van der Waals surface area contributed by atoms with E-state index >= 15 is 0 Å². The van der Waals surface area contributed by atoms with Crippen LogP contribution in [0.25, 0.3) is 0 Å². The average molecular weight is 442 g/mol. The molecule has 0 atom stereocenters. The standard InChI is InChI=1S/C24H31N3O5/c25-22(26-23(29)31-18-20-12-6-4-7-13-20)27(16-10-2-1-3-11-17-28)24(30)32-19-21-14-8-5-9-15-21/h4-9,12-15,28H,1-3,10-11,16-19H2,(H2,25,26,29). The summed E-state index contributed by atoms with van der Waals surface area (Å²) in [6, 6.07) is 18.5. The highest BCUT2D eigenvalue weighted by atomic mass is 16.6. The van der Waals surface area contributed by atoms with Gasteiger partial charge in [0.1, 0.15) is 13.2 Å². The number of unbranched alkanes of at least 4 members (excludes halogenated alkanes) is 4. The Morgan fingerprint density at radius 3 is 1.94 bits per heavy atom. The van der Waals surface area contributed by atoms with E-state index in [1.807, 2.05) is 60.7 Å². The fourth-order valence-electron chi connectivity index (χ4n) is 2.91. The molecule has 3 N–H and O–H groups in total. The Kier molecular flexibility index (Phi) is 11.3. The van der Waals surface area contributed by atoms with Crippen molar-refractivity contribution in [2.45, 2.75) is 45.3 Å². The van der Waals surface area contributed by atoms with Gasteiger partial charge in [0.2, 0.25) is 5.96 Å². The Bertz CT molecular complexity index is 843. The van der Waals surface area contributed by atoms with Crippen molar-refractivity contribution in [3.05, 3.63) is 71.8 Å². The minimum absolute atomic E-state index is 0.0553. The van der Waals surface area contributed by atoms with E-state index < -0.39 is 12.2 Å². The second-order valence-electron chi connectivity index (χ2n) is 7.19. The molecule has 0 radical (unpaired) electrons. The van der Waals surface area contributed by atoms with Gasteiger partial charge < -0.3 is 20.3 Å². The number of hydrogen-bond donors (Lipinski definition) is 2. The quantitative estimate of drug-likeness (QED) is 0.307. The van der Waals surface area contributed by atoms with E-state index in [2.05, 4.69) is 4.99 Å². The largest absolute Gasteiger partial charge is 0.444 e. The maximum Gasteiger partial charge on any atom is 0.437 e. The molecule has 0 aliphatic heterocycles. The summed E-state index contributed by atoms with van der Waals surface area (Å²) >= 11 is 0. The summed E-state index contributed by atoms with van der Waals surface area (Å²) < 4.78 is 10.5. The van der Waals surface area contributed by atoms with E-state index in [-0.39, 0.29) is 32.3 Å². The van der Waals surface area contributed by atoms with E-state index in [1.54, 1.807) is 0 Å². The predicted molar refractivity (Wildman–Crippen MR) is 122 cm³/mol. The molecule has 32 heavy (non-hydrogen) atoms. The number of nitrogens with two attached hydrogens (primary N) is 1. The van der Waals surface area contributed by atoms with Crippen LogP contribution in [-0.4, -0.2) is 41.3 Å². The topological polar surface area (TPSA) is 114 Å². The van der Waals surface area contributed by atoms with E-state index in [4.69, 9.17) is 20.3 Å². The molecule has 0 unspecified atom stereocenters. The Balaban J connectivity index is 1.94. The minimum atomic E-state index is -0.879. The zero-order valence-corrected chi connectivity index (χ0v) is 18.2. The fraction of sp³-hybridized carbons (Fsp3) is 0.375. The van der Waals surface area contributed by atoms with Crippen molar-refractivity contribution in [1.82, 2.24) is 4.90 Å². The number of rotatable bonds is 11. The summed E-state index contributed by atoms with van der Waals surface area (Å²) in [4.78, 5) is 29.6. The fourth-order valence-corrected chi connectivity index (χ4v) is 2.91. The molecule has 0 saturated carbocycles. The Labute approximate surface area is 188 Å². The van der Waals surface area contributed by atoms with Gasteiger partial charge in [0.15, 0.2) is 0 Å². The van der Waals surface area contributed by atoms with Gasteiger partial charge in [-0.05, 0) is 24.0 Å². The zero-order chi connectivity index (χ0) is 23.0. The highest BCUT2D eigenvalue weighted by molar-refractivity contribution is 5.97. The number of aliphatic hydroxyl groups is 1. The van der Waals surface area contributed by atoms with Crippen molar-refractivity contribution < 1.29 is 24.2 Å². The molecule has 0 aromatic heterocycles. The third kappa shape index (κ3) is 9.61. The van der Waals surface area contributed by atoms with Crippen LogP contribution in [0.1, 0.15) is 43.2 Å². The van der Waals surface area contributed by atoms with Crippen LogP contribution in [0.5, 0.6) is 0 Å². The summed E-state index contributed by atoms with van der Waals surface area (Å²) in [5.41, 5.74) is 7.61. The third-order valence-corrected chi connectivity index (χ3v) is 4.65. The molecular weight excluding hydrogens is 410 g/mol. The smallest absolute Gasteiger partial charge is 0.437 e. The molecule has 0 aliphatic carbocycles. The first kappa shape index (κ1) is 24.9. The summed E-state index contributed by atoms with van der Waals surface area (Å²) in [6.07, 6.45) is 2.51. The van der Waals surface area contributed by atoms with Crippen molar-refractivity contribution in [2.24, 2.45) is 10.7 Å². The van der Waals surface area contributed by atoms with Gasteiger partial charge in [-0.1, -0.05) is 79.9 Å². The Morgan fingerprint density at radius 1 is 0.812 bits per heavy atom. The van der Waals surface area contributed by atoms with Crippen LogP contribution in [0.4, 0.5) is 9.59 Å². The van der Waals surface area contributed by atoms with E-state index in [9.17, 15) is 9.59 Å². The molecule has 2 aromatic rings. The number of nitrogens with zero attached hydrogens (tertiary/aromatic N) is 2. The SMILES string of the molecule is N/C(=N\C(=O)OCc1ccccc1)N(CCCCCCCO)C(=O)OCc1ccccc1. The van der Waals surface area contributed by atoms with Crippen molar-refractivity contribution >= 4 is 18.1 Å². The number of benzene rings is 2. The van der Waals surface area contributed by atoms with Gasteiger partial charge >= 0.3 is 12.2 Å². The Morgan fingerprint density at radius 2 is 1.34 bits per heavy atom. The molecule has 0 fully saturated rings. The van der Waals surface area contributed by atoms with Crippen LogP contribution in [0.15, 0.2) is 65.7 Å². The number of carbonyl (C=O) groups is 2. The number of aliphatic imine (C=N–C) groups is 1. The number of ether oxygens (including phenoxy) is 2. The molecule has 0 heterocycles. The molecule has 2 aromatic carbocycles. The van der Waals surface area contributed by atoms with Crippen LogP contribution in [-0.2, 0) is 22.7 Å². The summed E-state index contributed by atoms with van der Waals surface area (Å²) in [6.45, 7) is 0.564. The van der Waals surface area contributed by atoms with Gasteiger partial charge in [0, 0.05) is 13.2 Å². The van der Waals surface area contributed by atoms with E-state index in [0.717, 1.165) is 41.7 Å². The van der Waals surface area contributed by atoms with Crippen molar-refractivity contribution in [3.63, 3.8) is 0 Å². The number of hydrogen-bond acceptors (Lipinski definition) is 5. The van der Waals surface area contributed by atoms with E-state index in [0.29, 0.717) is 6.42 Å². The first-order valence-corrected chi connectivity index (χ1v) is 10.7. The summed E-state index contributed by atoms with van der Waals surface area (Å²) in [7, 11) is 0. The molecule has 2 amide bonds. The molecule has 0 aliphatic rings. The van der Waals surface area contributed by atoms with Crippen LogP contribution in [0.3, 0.4) is 0 Å². The molecule has 0 saturated heterocycles. The normalized spacial score (nSPS) is 11.1. The number of carbonyl (C=O) groups excluding carboxylic acids is 2. The highest BCUT2D eigenvalue weighted by Crippen LogP contribution is 2.08. The van der Waals surface area contributed by atoms with Gasteiger partial charge in [-0.15, -0.1) is 4.99 Å². The highest BCUT2D eigenvalue weighted by Gasteiger charge is 2.20. The second kappa shape index (κ2) is 14.6. The first-order valence-electron chi connectivity index (χ1n) is 10.7. The first-order chi connectivity index (χ1) is 15.6. The van der Waals surface area contributed by atoms with Crippen molar-refractivity contribution in [1.29, 1.82) is 0 Å². The van der Waals surface area contributed by atoms with Gasteiger partial charge in [0.05, 0.1) is 0 Å². The molecule has 0 spiro atoms. The minimum Gasteiger partial charge on any atom is -0.444 e. The monoisotopic (exact) mass is 441 g/mol. The van der Waals surface area contributed by atoms with Gasteiger partial charge in [-0.3, -0.25) is 0 Å². The van der Waals surface area contributed by atoms with Crippen LogP contribution < -0.4 is 5.73 Å². The molecule has 2 rings (SSSR count). The number of guanidine groups is 1. The molecule has 0 bridgehead atoms. The average Bonchev–Trinajstić information content (AvgIpc) is 2.82. The van der Waals surface area contributed by atoms with Crippen LogP contribution >= 0.6 is 0 Å². The lowest BCUT2D eigenvalue weighted by atomic mass is 10.1.